The Balaban J connectivity index is 1.34. The summed E-state index contributed by atoms with van der Waals surface area (Å²) in [5, 5.41) is 11.3. The number of aryl methyl sites for hydroxylation is 1. The third kappa shape index (κ3) is 5.68. The molecule has 1 amide bonds. The number of aliphatic hydroxyl groups is 1. The zero-order valence-electron chi connectivity index (χ0n) is 25.0. The van der Waals surface area contributed by atoms with Gasteiger partial charge in [-0.3, -0.25) is 4.79 Å². The predicted octanol–water partition coefficient (Wildman–Crippen LogP) is 5.32. The quantitative estimate of drug-likeness (QED) is 0.339. The van der Waals surface area contributed by atoms with Crippen LogP contribution in [-0.2, 0) is 31.4 Å². The van der Waals surface area contributed by atoms with Crippen molar-refractivity contribution in [1.82, 2.24) is 4.72 Å². The molecule has 1 heterocycles. The number of benzene rings is 2. The molecule has 0 saturated heterocycles. The van der Waals surface area contributed by atoms with Crippen LogP contribution in [0.25, 0.3) is 0 Å². The molecule has 2 fully saturated rings. The van der Waals surface area contributed by atoms with Crippen LogP contribution in [-0.4, -0.2) is 57.4 Å². The summed E-state index contributed by atoms with van der Waals surface area (Å²) in [6.07, 6.45) is 9.00. The Kier molecular flexibility index (Phi) is 8.60. The first-order valence-corrected chi connectivity index (χ1v) is 17.4. The molecule has 0 unspecified atom stereocenters. The number of hydrogen-bond donors (Lipinski definition) is 2. The van der Waals surface area contributed by atoms with Gasteiger partial charge in [-0.2, -0.15) is 0 Å². The fourth-order valence-electron chi connectivity index (χ4n) is 7.42. The van der Waals surface area contributed by atoms with Gasteiger partial charge in [-0.25, -0.2) is 13.1 Å². The zero-order chi connectivity index (χ0) is 31.1. The predicted molar refractivity (Wildman–Crippen MR) is 171 cm³/mol. The van der Waals surface area contributed by atoms with Crippen LogP contribution >= 0.6 is 11.6 Å². The van der Waals surface area contributed by atoms with E-state index in [1.165, 1.54) is 17.2 Å². The molecule has 6 rings (SSSR count). The van der Waals surface area contributed by atoms with Gasteiger partial charge in [-0.05, 0) is 105 Å². The maximum atomic E-state index is 13.6. The first kappa shape index (κ1) is 31.1. The second-order valence-corrected chi connectivity index (χ2v) is 15.0. The van der Waals surface area contributed by atoms with Crippen molar-refractivity contribution in [3.05, 3.63) is 77.9 Å². The van der Waals surface area contributed by atoms with Gasteiger partial charge in [0.15, 0.2) is 0 Å². The van der Waals surface area contributed by atoms with Crippen LogP contribution in [0.2, 0.25) is 5.02 Å². The number of fused-ring (bicyclic) bond motifs is 3. The summed E-state index contributed by atoms with van der Waals surface area (Å²) in [6, 6.07) is 10.9. The van der Waals surface area contributed by atoms with Gasteiger partial charge in [0.05, 0.1) is 29.9 Å². The highest BCUT2D eigenvalue weighted by Crippen LogP contribution is 2.47. The lowest BCUT2D eigenvalue weighted by Crippen LogP contribution is -2.55. The van der Waals surface area contributed by atoms with E-state index in [1.54, 1.807) is 24.3 Å². The fourth-order valence-corrected chi connectivity index (χ4v) is 8.67. The molecule has 236 valence electrons. The normalized spacial score (nSPS) is 26.1. The standard InChI is InChI=1S/C34H41ClN2O6S/c1-3-17-43-34(15-6-16-34)32(39)36-44(40,41)26-10-13-31-29(19-26)37(20-24-8-11-27(24)30(38)4-2)21-33(22-42-31)14-5-7-23-18-25(35)9-12-28(23)33/h3-4,9-10,12-13,18-19,24,27,30,38H,1-2,5-8,11,14-17,20-22H2,(H,36,39)/t24-,27+,30-,33-/m0/s1. The van der Waals surface area contributed by atoms with Crippen molar-refractivity contribution >= 4 is 33.2 Å². The number of anilines is 1. The van der Waals surface area contributed by atoms with Crippen LogP contribution in [0.15, 0.2) is 66.6 Å². The van der Waals surface area contributed by atoms with Crippen molar-refractivity contribution < 1.29 is 27.8 Å². The number of carbonyl (C=O) groups is 1. The van der Waals surface area contributed by atoms with Crippen LogP contribution in [0.5, 0.6) is 5.75 Å². The number of halogens is 1. The molecule has 10 heteroatoms. The van der Waals surface area contributed by atoms with Crippen LogP contribution in [0.1, 0.15) is 56.1 Å². The lowest BCUT2D eigenvalue weighted by atomic mass is 9.68. The highest BCUT2D eigenvalue weighted by Gasteiger charge is 2.47. The maximum absolute atomic E-state index is 13.6. The van der Waals surface area contributed by atoms with Crippen LogP contribution in [0.3, 0.4) is 0 Å². The van der Waals surface area contributed by atoms with Gasteiger partial charge >= 0.3 is 0 Å². The number of rotatable bonds is 10. The molecule has 4 atom stereocenters. The van der Waals surface area contributed by atoms with Gasteiger partial charge in [-0.1, -0.05) is 29.8 Å². The third-order valence-corrected chi connectivity index (χ3v) is 11.8. The van der Waals surface area contributed by atoms with Gasteiger partial charge in [0.2, 0.25) is 0 Å². The molecule has 2 saturated carbocycles. The lowest BCUT2D eigenvalue weighted by Gasteiger charge is -2.45. The molecule has 44 heavy (non-hydrogen) atoms. The minimum absolute atomic E-state index is 0.0144. The third-order valence-electron chi connectivity index (χ3n) is 10.2. The summed E-state index contributed by atoms with van der Waals surface area (Å²) in [5.74, 6) is 0.243. The first-order chi connectivity index (χ1) is 21.1. The number of aliphatic hydroxyl groups excluding tert-OH is 1. The molecule has 0 aromatic heterocycles. The number of nitrogens with one attached hydrogen (secondary N) is 1. The molecular formula is C34H41ClN2O6S. The van der Waals surface area contributed by atoms with Gasteiger partial charge in [0, 0.05) is 23.5 Å². The number of ether oxygens (including phenoxy) is 2. The van der Waals surface area contributed by atoms with E-state index in [-0.39, 0.29) is 28.8 Å². The van der Waals surface area contributed by atoms with Crippen molar-refractivity contribution in [3.8, 4) is 5.75 Å². The van der Waals surface area contributed by atoms with E-state index in [0.29, 0.717) is 49.0 Å². The SMILES string of the molecule is C=CCOC1(C(=O)NS(=O)(=O)c2ccc3c(c2)N(C[C@@H]2CC[C@H]2[C@@H](O)C=C)C[C@@]2(CCCc4cc(Cl)ccc42)CO3)CCC1. The summed E-state index contributed by atoms with van der Waals surface area (Å²) >= 11 is 6.38. The largest absolute Gasteiger partial charge is 0.490 e. The molecule has 1 spiro atoms. The minimum Gasteiger partial charge on any atom is -0.490 e. The molecule has 4 aliphatic rings. The molecule has 2 aromatic rings. The Labute approximate surface area is 265 Å². The molecular weight excluding hydrogens is 600 g/mol. The van der Waals surface area contributed by atoms with Gasteiger partial charge < -0.3 is 19.5 Å². The average molecular weight is 641 g/mol. The average Bonchev–Trinajstić information content (AvgIpc) is 3.11. The zero-order valence-corrected chi connectivity index (χ0v) is 26.5. The summed E-state index contributed by atoms with van der Waals surface area (Å²) in [7, 11) is -4.20. The van der Waals surface area contributed by atoms with Crippen molar-refractivity contribution in [3.63, 3.8) is 0 Å². The van der Waals surface area contributed by atoms with Crippen LogP contribution in [0, 0.1) is 11.8 Å². The lowest BCUT2D eigenvalue weighted by molar-refractivity contribution is -0.155. The molecule has 1 aliphatic heterocycles. The van der Waals surface area contributed by atoms with Crippen molar-refractivity contribution in [2.24, 2.45) is 11.8 Å². The number of amides is 1. The van der Waals surface area contributed by atoms with E-state index >= 15 is 0 Å². The Morgan fingerprint density at radius 2 is 2.00 bits per heavy atom. The number of carbonyl (C=O) groups excluding carboxylic acids is 1. The van der Waals surface area contributed by atoms with Gasteiger partial charge in [-0.15, -0.1) is 13.2 Å². The molecule has 0 bridgehead atoms. The number of nitrogens with zero attached hydrogens (tertiary/aromatic N) is 1. The van der Waals surface area contributed by atoms with E-state index < -0.39 is 27.6 Å². The van der Waals surface area contributed by atoms with Crippen molar-refractivity contribution in [2.75, 3.05) is 31.2 Å². The Hall–Kier alpha value is -2.85. The summed E-state index contributed by atoms with van der Waals surface area (Å²) in [5.41, 5.74) is 1.62. The van der Waals surface area contributed by atoms with Crippen molar-refractivity contribution in [2.45, 2.75) is 73.4 Å². The Morgan fingerprint density at radius 3 is 2.68 bits per heavy atom. The highest BCUT2D eigenvalue weighted by atomic mass is 35.5. The molecule has 0 radical (unpaired) electrons. The Bertz CT molecular complexity index is 1560. The minimum atomic E-state index is -4.20. The van der Waals surface area contributed by atoms with E-state index in [1.807, 2.05) is 12.1 Å². The maximum Gasteiger partial charge on any atom is 0.265 e. The van der Waals surface area contributed by atoms with Crippen LogP contribution in [0.4, 0.5) is 5.69 Å². The summed E-state index contributed by atoms with van der Waals surface area (Å²) in [6.45, 7) is 9.30. The summed E-state index contributed by atoms with van der Waals surface area (Å²) < 4.78 is 41.8. The molecule has 8 nitrogen and oxygen atoms in total. The first-order valence-electron chi connectivity index (χ1n) is 15.5. The van der Waals surface area contributed by atoms with E-state index in [2.05, 4.69) is 28.8 Å². The Morgan fingerprint density at radius 1 is 1.18 bits per heavy atom. The molecule has 2 aromatic carbocycles. The highest BCUT2D eigenvalue weighted by molar-refractivity contribution is 7.90. The second-order valence-electron chi connectivity index (χ2n) is 12.8. The monoisotopic (exact) mass is 640 g/mol. The molecule has 3 aliphatic carbocycles. The van der Waals surface area contributed by atoms with E-state index in [0.717, 1.165) is 38.5 Å². The smallest absolute Gasteiger partial charge is 0.265 e. The van der Waals surface area contributed by atoms with Gasteiger partial charge in [0.25, 0.3) is 15.9 Å². The molecule has 2 N–H and O–H groups in total. The van der Waals surface area contributed by atoms with E-state index in [4.69, 9.17) is 21.1 Å². The summed E-state index contributed by atoms with van der Waals surface area (Å²) in [4.78, 5) is 15.4. The van der Waals surface area contributed by atoms with Crippen molar-refractivity contribution in [1.29, 1.82) is 0 Å². The van der Waals surface area contributed by atoms with E-state index in [9.17, 15) is 18.3 Å². The fraction of sp³-hybridized carbons (Fsp3) is 0.500. The second kappa shape index (κ2) is 12.2. The number of hydrogen-bond acceptors (Lipinski definition) is 7. The van der Waals surface area contributed by atoms with Gasteiger partial charge in [0.1, 0.15) is 11.4 Å². The van der Waals surface area contributed by atoms with Crippen LogP contribution < -0.4 is 14.4 Å². The topological polar surface area (TPSA) is 105 Å². The number of sulfonamides is 1.